The third-order valence-electron chi connectivity index (χ3n) is 5.55. The second-order valence-corrected chi connectivity index (χ2v) is 7.21. The van der Waals surface area contributed by atoms with Crippen molar-refractivity contribution in [2.24, 2.45) is 0 Å². The van der Waals surface area contributed by atoms with Crippen LogP contribution in [-0.4, -0.2) is 59.5 Å². The molecule has 0 radical (unpaired) electrons. The van der Waals surface area contributed by atoms with E-state index < -0.39 is 0 Å². The average molecular weight is 367 g/mol. The van der Waals surface area contributed by atoms with E-state index in [1.54, 1.807) is 12.3 Å². The van der Waals surface area contributed by atoms with Gasteiger partial charge in [-0.05, 0) is 56.6 Å². The van der Waals surface area contributed by atoms with Crippen LogP contribution in [0.15, 0.2) is 48.7 Å². The summed E-state index contributed by atoms with van der Waals surface area (Å²) >= 11 is 0. The number of hydrogen-bond acceptors (Lipinski definition) is 5. The number of rotatable bonds is 5. The molecule has 2 saturated heterocycles. The topological polar surface area (TPSA) is 54.9 Å². The van der Waals surface area contributed by atoms with E-state index in [1.807, 2.05) is 41.3 Å². The fourth-order valence-corrected chi connectivity index (χ4v) is 3.90. The van der Waals surface area contributed by atoms with E-state index in [0.29, 0.717) is 29.5 Å². The molecule has 1 aromatic heterocycles. The Labute approximate surface area is 159 Å². The van der Waals surface area contributed by atoms with Crippen LogP contribution in [0.1, 0.15) is 19.3 Å². The Kier molecular flexibility index (Phi) is 5.25. The number of benzene rings is 1. The quantitative estimate of drug-likeness (QED) is 0.813. The van der Waals surface area contributed by atoms with Crippen molar-refractivity contribution < 1.29 is 14.3 Å². The van der Waals surface area contributed by atoms with Gasteiger partial charge in [-0.1, -0.05) is 6.07 Å². The van der Waals surface area contributed by atoms with Crippen LogP contribution in [0.5, 0.6) is 17.4 Å². The number of hydrogen-bond donors (Lipinski definition) is 0. The molecule has 2 aliphatic heterocycles. The molecular formula is C21H25N3O3. The van der Waals surface area contributed by atoms with Crippen LogP contribution in [0.4, 0.5) is 0 Å². The molecule has 27 heavy (non-hydrogen) atoms. The fraction of sp³-hybridized carbons (Fsp3) is 0.429. The molecule has 6 nitrogen and oxygen atoms in total. The second-order valence-electron chi connectivity index (χ2n) is 7.21. The Morgan fingerprint density at radius 3 is 2.63 bits per heavy atom. The van der Waals surface area contributed by atoms with E-state index in [9.17, 15) is 4.79 Å². The number of fused-ring (bicyclic) bond motifs is 2. The summed E-state index contributed by atoms with van der Waals surface area (Å²) in [5, 5.41) is 0. The maximum atomic E-state index is 12.6. The normalized spacial score (nSPS) is 22.3. The van der Waals surface area contributed by atoms with Crippen molar-refractivity contribution >= 4 is 5.91 Å². The Balaban J connectivity index is 1.29. The summed E-state index contributed by atoms with van der Waals surface area (Å²) in [5.74, 6) is 1.94. The number of ether oxygens (including phenoxy) is 2. The monoisotopic (exact) mass is 367 g/mol. The molecule has 0 spiro atoms. The van der Waals surface area contributed by atoms with Gasteiger partial charge in [-0.3, -0.25) is 9.69 Å². The lowest BCUT2D eigenvalue weighted by Crippen LogP contribution is -2.41. The van der Waals surface area contributed by atoms with Gasteiger partial charge in [0, 0.05) is 37.4 Å². The van der Waals surface area contributed by atoms with E-state index in [1.165, 1.54) is 12.8 Å². The Bertz CT molecular complexity index is 766. The number of carbonyl (C=O) groups excluding carboxylic acids is 1. The average Bonchev–Trinajstić information content (AvgIpc) is 2.93. The molecule has 0 N–H and O–H groups in total. The molecule has 3 heterocycles. The Hall–Kier alpha value is -2.60. The number of likely N-dealkylation sites (N-methyl/N-ethyl adjacent to an activating group) is 1. The van der Waals surface area contributed by atoms with Crippen LogP contribution < -0.4 is 9.47 Å². The summed E-state index contributed by atoms with van der Waals surface area (Å²) < 4.78 is 11.4. The van der Waals surface area contributed by atoms with Crippen LogP contribution >= 0.6 is 0 Å². The molecule has 6 heteroatoms. The highest BCUT2D eigenvalue weighted by molar-refractivity contribution is 5.77. The molecule has 2 atom stereocenters. The molecule has 2 bridgehead atoms. The van der Waals surface area contributed by atoms with Gasteiger partial charge in [-0.25, -0.2) is 4.98 Å². The minimum Gasteiger partial charge on any atom is -0.484 e. The van der Waals surface area contributed by atoms with Crippen molar-refractivity contribution in [2.45, 2.75) is 31.3 Å². The zero-order valence-electron chi connectivity index (χ0n) is 15.6. The van der Waals surface area contributed by atoms with Crippen molar-refractivity contribution in [3.63, 3.8) is 0 Å². The van der Waals surface area contributed by atoms with Gasteiger partial charge in [0.05, 0.1) is 0 Å². The summed E-state index contributed by atoms with van der Waals surface area (Å²) in [5.41, 5.74) is 0. The first kappa shape index (κ1) is 17.8. The first-order chi connectivity index (χ1) is 13.2. The number of likely N-dealkylation sites (tertiary alicyclic amines) is 1. The summed E-state index contributed by atoms with van der Waals surface area (Å²) in [6.07, 6.45) is 5.18. The zero-order chi connectivity index (χ0) is 18.6. The van der Waals surface area contributed by atoms with Crippen molar-refractivity contribution in [3.05, 3.63) is 48.7 Å². The molecule has 2 unspecified atom stereocenters. The van der Waals surface area contributed by atoms with Gasteiger partial charge in [-0.2, -0.15) is 0 Å². The van der Waals surface area contributed by atoms with E-state index in [-0.39, 0.29) is 12.5 Å². The standard InChI is InChI=1S/C21H25N3O3/c1-23-16-5-6-17(23)14-24(13-11-16)21(25)15-26-18-7-9-19(10-8-18)27-20-4-2-3-12-22-20/h2-4,7-10,12,16-17H,5-6,11,13-15H2,1H3. The van der Waals surface area contributed by atoms with Crippen LogP contribution in [0.25, 0.3) is 0 Å². The number of pyridine rings is 1. The van der Waals surface area contributed by atoms with Gasteiger partial charge in [0.15, 0.2) is 6.61 Å². The molecule has 0 saturated carbocycles. The molecule has 1 aromatic carbocycles. The van der Waals surface area contributed by atoms with E-state index in [0.717, 1.165) is 19.5 Å². The van der Waals surface area contributed by atoms with Crippen LogP contribution in [0.2, 0.25) is 0 Å². The van der Waals surface area contributed by atoms with Gasteiger partial charge in [0.1, 0.15) is 11.5 Å². The Morgan fingerprint density at radius 2 is 1.85 bits per heavy atom. The van der Waals surface area contributed by atoms with E-state index in [4.69, 9.17) is 9.47 Å². The van der Waals surface area contributed by atoms with Crippen molar-refractivity contribution in [2.75, 3.05) is 26.7 Å². The van der Waals surface area contributed by atoms with E-state index >= 15 is 0 Å². The zero-order valence-corrected chi connectivity index (χ0v) is 15.6. The number of amides is 1. The van der Waals surface area contributed by atoms with Crippen LogP contribution in [-0.2, 0) is 4.79 Å². The molecule has 4 rings (SSSR count). The van der Waals surface area contributed by atoms with Crippen molar-refractivity contribution in [1.29, 1.82) is 0 Å². The lowest BCUT2D eigenvalue weighted by molar-refractivity contribution is -0.133. The largest absolute Gasteiger partial charge is 0.484 e. The molecule has 2 aliphatic rings. The molecular weight excluding hydrogens is 342 g/mol. The van der Waals surface area contributed by atoms with Gasteiger partial charge in [0.25, 0.3) is 5.91 Å². The van der Waals surface area contributed by atoms with Crippen LogP contribution in [0.3, 0.4) is 0 Å². The van der Waals surface area contributed by atoms with Gasteiger partial charge < -0.3 is 14.4 Å². The highest BCUT2D eigenvalue weighted by Crippen LogP contribution is 2.28. The smallest absolute Gasteiger partial charge is 0.260 e. The highest BCUT2D eigenvalue weighted by Gasteiger charge is 2.35. The predicted molar refractivity (Wildman–Crippen MR) is 102 cm³/mol. The number of aromatic nitrogens is 1. The predicted octanol–water partition coefficient (Wildman–Crippen LogP) is 2.95. The molecule has 1 amide bonds. The fourth-order valence-electron chi connectivity index (χ4n) is 3.90. The van der Waals surface area contributed by atoms with Gasteiger partial charge in [0.2, 0.25) is 5.88 Å². The van der Waals surface area contributed by atoms with Crippen LogP contribution in [0, 0.1) is 0 Å². The minimum absolute atomic E-state index is 0.0600. The molecule has 2 aromatic rings. The van der Waals surface area contributed by atoms with Crippen molar-refractivity contribution in [3.8, 4) is 17.4 Å². The summed E-state index contributed by atoms with van der Waals surface area (Å²) in [4.78, 5) is 21.1. The van der Waals surface area contributed by atoms with Gasteiger partial charge in [-0.15, -0.1) is 0 Å². The summed E-state index contributed by atoms with van der Waals surface area (Å²) in [6.45, 7) is 1.71. The van der Waals surface area contributed by atoms with Crippen molar-refractivity contribution in [1.82, 2.24) is 14.8 Å². The number of carbonyl (C=O) groups is 1. The molecule has 2 fully saturated rings. The lowest BCUT2D eigenvalue weighted by atomic mass is 10.1. The number of nitrogens with zero attached hydrogens (tertiary/aromatic N) is 3. The lowest BCUT2D eigenvalue weighted by Gasteiger charge is -2.25. The SMILES string of the molecule is CN1C2CCC1CN(C(=O)COc1ccc(Oc3ccccn3)cc1)CC2. The molecule has 142 valence electrons. The summed E-state index contributed by atoms with van der Waals surface area (Å²) in [6, 6.07) is 13.9. The first-order valence-corrected chi connectivity index (χ1v) is 9.50. The molecule has 0 aliphatic carbocycles. The maximum Gasteiger partial charge on any atom is 0.260 e. The highest BCUT2D eigenvalue weighted by atomic mass is 16.5. The second kappa shape index (κ2) is 7.96. The van der Waals surface area contributed by atoms with E-state index in [2.05, 4.69) is 16.9 Å². The third-order valence-corrected chi connectivity index (χ3v) is 5.55. The first-order valence-electron chi connectivity index (χ1n) is 9.50. The third kappa shape index (κ3) is 4.22. The minimum atomic E-state index is 0.0600. The summed E-state index contributed by atoms with van der Waals surface area (Å²) in [7, 11) is 2.18. The Morgan fingerprint density at radius 1 is 1.07 bits per heavy atom. The van der Waals surface area contributed by atoms with Gasteiger partial charge >= 0.3 is 0 Å². The maximum absolute atomic E-state index is 12.6.